The molecule has 1 atom stereocenters. The van der Waals surface area contributed by atoms with Gasteiger partial charge in [-0.3, -0.25) is 14.6 Å². The zero-order valence-electron chi connectivity index (χ0n) is 16.6. The lowest BCUT2D eigenvalue weighted by atomic mass is 9.86. The van der Waals surface area contributed by atoms with Crippen LogP contribution in [-0.2, 0) is 11.3 Å². The molecule has 2 aliphatic rings. The summed E-state index contributed by atoms with van der Waals surface area (Å²) in [7, 11) is 3.91. The van der Waals surface area contributed by atoms with Gasteiger partial charge in [0.05, 0.1) is 12.7 Å². The third-order valence-electron chi connectivity index (χ3n) is 6.08. The summed E-state index contributed by atoms with van der Waals surface area (Å²) in [5.41, 5.74) is 1.14. The Morgan fingerprint density at radius 3 is 3.00 bits per heavy atom. The van der Waals surface area contributed by atoms with Crippen LogP contribution in [0.15, 0.2) is 30.5 Å². The fourth-order valence-corrected chi connectivity index (χ4v) is 5.35. The summed E-state index contributed by atoms with van der Waals surface area (Å²) in [6.07, 6.45) is 4.56. The van der Waals surface area contributed by atoms with Crippen LogP contribution in [0, 0.1) is 0 Å². The monoisotopic (exact) mass is 400 g/mol. The van der Waals surface area contributed by atoms with E-state index in [0.29, 0.717) is 6.42 Å². The highest BCUT2D eigenvalue weighted by molar-refractivity contribution is 7.15. The molecule has 0 bridgehead atoms. The van der Waals surface area contributed by atoms with Crippen molar-refractivity contribution in [3.8, 4) is 16.3 Å². The number of hydrogen-bond donors (Lipinski definition) is 1. The molecule has 2 saturated heterocycles. The van der Waals surface area contributed by atoms with E-state index in [0.717, 1.165) is 61.9 Å². The summed E-state index contributed by atoms with van der Waals surface area (Å²) in [4.78, 5) is 22.7. The number of nitrogens with zero attached hydrogens (tertiary/aromatic N) is 3. The molecule has 1 spiro atoms. The van der Waals surface area contributed by atoms with Gasteiger partial charge in [0.15, 0.2) is 0 Å². The van der Waals surface area contributed by atoms with Crippen LogP contribution < -0.4 is 10.1 Å². The summed E-state index contributed by atoms with van der Waals surface area (Å²) in [6, 6.07) is 8.03. The zero-order chi connectivity index (χ0) is 19.6. The average Bonchev–Trinajstić information content (AvgIpc) is 3.09. The minimum absolute atomic E-state index is 0.0909. The van der Waals surface area contributed by atoms with Crippen LogP contribution in [0.1, 0.15) is 24.1 Å². The first-order valence-corrected chi connectivity index (χ1v) is 10.7. The molecular weight excluding hydrogens is 372 g/mol. The molecule has 2 aromatic rings. The van der Waals surface area contributed by atoms with Crippen LogP contribution in [0.25, 0.3) is 10.6 Å². The summed E-state index contributed by atoms with van der Waals surface area (Å²) in [5.74, 6) is 1.05. The van der Waals surface area contributed by atoms with E-state index in [-0.39, 0.29) is 11.4 Å². The number of aromatic nitrogens is 1. The molecule has 0 aliphatic carbocycles. The Hall–Kier alpha value is -1.96. The Balaban J connectivity index is 1.47. The smallest absolute Gasteiger partial charge is 0.220 e. The molecule has 150 valence electrons. The van der Waals surface area contributed by atoms with Gasteiger partial charge in [0.1, 0.15) is 10.8 Å². The number of ether oxygens (including phenoxy) is 1. The third-order valence-corrected chi connectivity index (χ3v) is 7.10. The van der Waals surface area contributed by atoms with Crippen LogP contribution in [-0.4, -0.2) is 66.6 Å². The summed E-state index contributed by atoms with van der Waals surface area (Å²) in [6.45, 7) is 4.76. The number of amides is 1. The summed E-state index contributed by atoms with van der Waals surface area (Å²) >= 11 is 1.74. The number of piperazine rings is 1. The zero-order valence-corrected chi connectivity index (χ0v) is 17.4. The van der Waals surface area contributed by atoms with E-state index in [1.165, 1.54) is 4.88 Å². The lowest BCUT2D eigenvalue weighted by molar-refractivity contribution is -0.121. The van der Waals surface area contributed by atoms with Gasteiger partial charge in [0.25, 0.3) is 0 Å². The SMILES string of the molecule is COc1ccccc1-c1ncc(CN2CCN(C)C3(CCNC(=O)CC3)C2)s1. The molecular formula is C21H28N4O2S. The Morgan fingerprint density at radius 2 is 2.14 bits per heavy atom. The molecule has 1 aromatic carbocycles. The fraction of sp³-hybridized carbons (Fsp3) is 0.524. The van der Waals surface area contributed by atoms with E-state index in [2.05, 4.69) is 33.2 Å². The number of thiazole rings is 1. The molecule has 1 amide bonds. The number of likely N-dealkylation sites (N-methyl/N-ethyl adjacent to an activating group) is 1. The van der Waals surface area contributed by atoms with E-state index < -0.39 is 0 Å². The first-order chi connectivity index (χ1) is 13.6. The highest BCUT2D eigenvalue weighted by Gasteiger charge is 2.40. The molecule has 1 aromatic heterocycles. The van der Waals surface area contributed by atoms with E-state index in [4.69, 9.17) is 4.74 Å². The molecule has 3 heterocycles. The minimum Gasteiger partial charge on any atom is -0.496 e. The highest BCUT2D eigenvalue weighted by atomic mass is 32.1. The number of carbonyl (C=O) groups excluding carboxylic acids is 1. The number of rotatable bonds is 4. The number of para-hydroxylation sites is 1. The van der Waals surface area contributed by atoms with Crippen LogP contribution in [0.2, 0.25) is 0 Å². The second-order valence-electron chi connectivity index (χ2n) is 7.79. The second kappa shape index (κ2) is 8.19. The molecule has 1 unspecified atom stereocenters. The highest BCUT2D eigenvalue weighted by Crippen LogP contribution is 2.34. The molecule has 7 heteroatoms. The second-order valence-corrected chi connectivity index (χ2v) is 8.90. The Bertz CT molecular complexity index is 839. The van der Waals surface area contributed by atoms with Gasteiger partial charge in [-0.1, -0.05) is 12.1 Å². The molecule has 2 fully saturated rings. The normalized spacial score (nSPS) is 24.1. The lowest BCUT2D eigenvalue weighted by Crippen LogP contribution is -2.60. The molecule has 28 heavy (non-hydrogen) atoms. The van der Waals surface area contributed by atoms with Gasteiger partial charge in [-0.2, -0.15) is 0 Å². The Labute approximate surface area is 170 Å². The lowest BCUT2D eigenvalue weighted by Gasteiger charge is -2.49. The minimum atomic E-state index is 0.0909. The fourth-order valence-electron chi connectivity index (χ4n) is 4.36. The van der Waals surface area contributed by atoms with Crippen molar-refractivity contribution in [1.82, 2.24) is 20.1 Å². The predicted molar refractivity (Wildman–Crippen MR) is 112 cm³/mol. The standard InChI is InChI=1S/C21H28N4O2S/c1-24-11-12-25(15-21(24)8-7-19(26)22-10-9-21)14-16-13-23-20(28-16)17-5-3-4-6-18(17)27-2/h3-6,13H,7-12,14-15H2,1-2H3,(H,22,26). The van der Waals surface area contributed by atoms with Crippen LogP contribution in [0.4, 0.5) is 0 Å². The number of carbonyl (C=O) groups is 1. The first kappa shape index (κ1) is 19.4. The Morgan fingerprint density at radius 1 is 1.29 bits per heavy atom. The molecule has 1 N–H and O–H groups in total. The van der Waals surface area contributed by atoms with Gasteiger partial charge in [0, 0.05) is 55.8 Å². The van der Waals surface area contributed by atoms with E-state index >= 15 is 0 Å². The van der Waals surface area contributed by atoms with Gasteiger partial charge in [0.2, 0.25) is 5.91 Å². The Kier molecular flexibility index (Phi) is 5.66. The first-order valence-electron chi connectivity index (χ1n) is 9.88. The van der Waals surface area contributed by atoms with Gasteiger partial charge in [-0.05, 0) is 32.0 Å². The summed E-state index contributed by atoms with van der Waals surface area (Å²) in [5, 5.41) is 4.03. The molecule has 6 nitrogen and oxygen atoms in total. The van der Waals surface area contributed by atoms with Crippen molar-refractivity contribution in [2.75, 3.05) is 40.3 Å². The van der Waals surface area contributed by atoms with Crippen molar-refractivity contribution < 1.29 is 9.53 Å². The molecule has 4 rings (SSSR count). The van der Waals surface area contributed by atoms with Crippen molar-refractivity contribution in [2.24, 2.45) is 0 Å². The third kappa shape index (κ3) is 3.92. The van der Waals surface area contributed by atoms with E-state index in [1.54, 1.807) is 18.4 Å². The van der Waals surface area contributed by atoms with Crippen LogP contribution >= 0.6 is 11.3 Å². The van der Waals surface area contributed by atoms with Crippen LogP contribution in [0.3, 0.4) is 0 Å². The molecule has 0 saturated carbocycles. The van der Waals surface area contributed by atoms with Crippen molar-refractivity contribution >= 4 is 17.2 Å². The van der Waals surface area contributed by atoms with Crippen LogP contribution in [0.5, 0.6) is 5.75 Å². The quantitative estimate of drug-likeness (QED) is 0.855. The molecule has 0 radical (unpaired) electrons. The predicted octanol–water partition coefficient (Wildman–Crippen LogP) is 2.61. The van der Waals surface area contributed by atoms with Crippen molar-refractivity contribution in [3.05, 3.63) is 35.3 Å². The summed E-state index contributed by atoms with van der Waals surface area (Å²) < 4.78 is 5.48. The van der Waals surface area contributed by atoms with Gasteiger partial charge >= 0.3 is 0 Å². The van der Waals surface area contributed by atoms with E-state index in [9.17, 15) is 4.79 Å². The number of benzene rings is 1. The van der Waals surface area contributed by atoms with Crippen molar-refractivity contribution in [1.29, 1.82) is 0 Å². The molecule has 2 aliphatic heterocycles. The van der Waals surface area contributed by atoms with Crippen molar-refractivity contribution in [2.45, 2.75) is 31.3 Å². The van der Waals surface area contributed by atoms with Crippen molar-refractivity contribution in [3.63, 3.8) is 0 Å². The maximum absolute atomic E-state index is 11.8. The maximum Gasteiger partial charge on any atom is 0.220 e. The average molecular weight is 401 g/mol. The van der Waals surface area contributed by atoms with Gasteiger partial charge in [-0.15, -0.1) is 11.3 Å². The number of hydrogen-bond acceptors (Lipinski definition) is 6. The topological polar surface area (TPSA) is 57.7 Å². The largest absolute Gasteiger partial charge is 0.496 e. The van der Waals surface area contributed by atoms with E-state index in [1.807, 2.05) is 24.4 Å². The van der Waals surface area contributed by atoms with Gasteiger partial charge < -0.3 is 10.1 Å². The number of methoxy groups -OCH3 is 1. The number of nitrogens with one attached hydrogen (secondary N) is 1. The van der Waals surface area contributed by atoms with Gasteiger partial charge in [-0.25, -0.2) is 4.98 Å². The maximum atomic E-state index is 11.8.